The van der Waals surface area contributed by atoms with Crippen LogP contribution in [0.1, 0.15) is 29.7 Å². The minimum atomic E-state index is -0.237. The molecule has 0 saturated heterocycles. The molecule has 0 aromatic heterocycles. The molecule has 110 valence electrons. The van der Waals surface area contributed by atoms with Crippen molar-refractivity contribution in [2.45, 2.75) is 19.9 Å². The molecule has 0 aliphatic heterocycles. The molecule has 2 aromatic rings. The minimum absolute atomic E-state index is 0.00799. The number of hydrogen-bond acceptors (Lipinski definition) is 2. The van der Waals surface area contributed by atoms with Gasteiger partial charge in [0.05, 0.1) is 6.04 Å². The third-order valence-corrected chi connectivity index (χ3v) is 3.60. The summed E-state index contributed by atoms with van der Waals surface area (Å²) in [6.45, 7) is 8.01. The summed E-state index contributed by atoms with van der Waals surface area (Å²) >= 11 is 0. The Balaban J connectivity index is 2.07. The summed E-state index contributed by atoms with van der Waals surface area (Å²) in [5, 5.41) is 1.72. The van der Waals surface area contributed by atoms with E-state index < -0.39 is 0 Å². The highest BCUT2D eigenvalue weighted by Gasteiger charge is 2.15. The van der Waals surface area contributed by atoms with Crippen LogP contribution < -0.4 is 0 Å². The molecule has 0 radical (unpaired) electrons. The topological polar surface area (TPSA) is 12.5 Å². The second-order valence-corrected chi connectivity index (χ2v) is 5.10. The summed E-state index contributed by atoms with van der Waals surface area (Å²) in [5.74, 6) is 0.364. The Bertz CT molecular complexity index is 621. The Labute approximate surface area is 125 Å². The van der Waals surface area contributed by atoms with Crippen molar-refractivity contribution in [2.75, 3.05) is 7.05 Å². The number of hydroxylamine groups is 2. The fraction of sp³-hybridized carbons (Fsp3) is 0.222. The quantitative estimate of drug-likeness (QED) is 0.581. The van der Waals surface area contributed by atoms with Crippen LogP contribution >= 0.6 is 0 Å². The van der Waals surface area contributed by atoms with Crippen LogP contribution in [-0.2, 0) is 4.84 Å². The van der Waals surface area contributed by atoms with Crippen molar-refractivity contribution < 1.29 is 9.23 Å². The summed E-state index contributed by atoms with van der Waals surface area (Å²) in [4.78, 5) is 5.81. The fourth-order valence-electron chi connectivity index (χ4n) is 2.14. The van der Waals surface area contributed by atoms with E-state index in [-0.39, 0.29) is 11.9 Å². The molecule has 2 aromatic carbocycles. The smallest absolute Gasteiger partial charge is 0.147 e. The Morgan fingerprint density at radius 1 is 1.14 bits per heavy atom. The van der Waals surface area contributed by atoms with Crippen LogP contribution in [-0.4, -0.2) is 12.1 Å². The first-order valence-electron chi connectivity index (χ1n) is 6.90. The van der Waals surface area contributed by atoms with Gasteiger partial charge in [0.1, 0.15) is 11.6 Å². The number of aryl methyl sites for hydroxylation is 1. The van der Waals surface area contributed by atoms with Gasteiger partial charge in [0.15, 0.2) is 0 Å². The molecule has 21 heavy (non-hydrogen) atoms. The lowest BCUT2D eigenvalue weighted by Crippen LogP contribution is -2.22. The van der Waals surface area contributed by atoms with E-state index in [0.29, 0.717) is 5.76 Å². The summed E-state index contributed by atoms with van der Waals surface area (Å²) in [6.07, 6.45) is 0. The number of rotatable bonds is 5. The number of hydrogen-bond donors (Lipinski definition) is 0. The van der Waals surface area contributed by atoms with Gasteiger partial charge in [0.25, 0.3) is 0 Å². The highest BCUT2D eigenvalue weighted by Crippen LogP contribution is 2.24. The van der Waals surface area contributed by atoms with E-state index in [0.717, 1.165) is 16.7 Å². The van der Waals surface area contributed by atoms with Crippen molar-refractivity contribution in [3.63, 3.8) is 0 Å². The fourth-order valence-corrected chi connectivity index (χ4v) is 2.14. The lowest BCUT2D eigenvalue weighted by atomic mass is 10.1. The molecule has 3 heteroatoms. The summed E-state index contributed by atoms with van der Waals surface area (Å²) in [7, 11) is 1.84. The molecule has 0 heterocycles. The molecule has 0 amide bonds. The van der Waals surface area contributed by atoms with Gasteiger partial charge in [-0.1, -0.05) is 43.0 Å². The van der Waals surface area contributed by atoms with Gasteiger partial charge < -0.3 is 4.84 Å². The van der Waals surface area contributed by atoms with Gasteiger partial charge in [0.2, 0.25) is 0 Å². The second-order valence-electron chi connectivity index (χ2n) is 5.10. The Morgan fingerprint density at radius 2 is 1.76 bits per heavy atom. The molecular formula is C18H20FNO. The van der Waals surface area contributed by atoms with Gasteiger partial charge in [-0.05, 0) is 37.1 Å². The van der Waals surface area contributed by atoms with E-state index in [2.05, 4.69) is 6.58 Å². The predicted octanol–water partition coefficient (Wildman–Crippen LogP) is 4.73. The molecule has 0 bridgehead atoms. The second kappa shape index (κ2) is 6.55. The van der Waals surface area contributed by atoms with Crippen LogP contribution in [0.15, 0.2) is 55.1 Å². The number of nitrogens with zero attached hydrogens (tertiary/aromatic N) is 1. The number of halogens is 1. The van der Waals surface area contributed by atoms with Crippen LogP contribution in [0.2, 0.25) is 0 Å². The molecule has 0 fully saturated rings. The molecule has 0 N–H and O–H groups in total. The van der Waals surface area contributed by atoms with Crippen molar-refractivity contribution in [2.24, 2.45) is 0 Å². The Hall–Kier alpha value is -2.13. The van der Waals surface area contributed by atoms with Crippen molar-refractivity contribution in [1.29, 1.82) is 0 Å². The third kappa shape index (κ3) is 3.70. The zero-order valence-corrected chi connectivity index (χ0v) is 12.6. The maximum absolute atomic E-state index is 13.0. The predicted molar refractivity (Wildman–Crippen MR) is 83.9 cm³/mol. The molecule has 0 aliphatic rings. The molecular weight excluding hydrogens is 265 g/mol. The molecule has 0 saturated carbocycles. The molecule has 2 rings (SSSR count). The monoisotopic (exact) mass is 285 g/mol. The standard InChI is InChI=1S/C18H20FNO/c1-13-7-5-6-8-18(13)15(3)21-20(4)14(2)16-9-11-17(19)12-10-16/h5-12,14H,3H2,1-2,4H3. The average Bonchev–Trinajstić information content (AvgIpc) is 2.47. The van der Waals surface area contributed by atoms with Gasteiger partial charge in [-0.2, -0.15) is 0 Å². The van der Waals surface area contributed by atoms with Gasteiger partial charge in [-0.3, -0.25) is 0 Å². The Morgan fingerprint density at radius 3 is 2.38 bits per heavy atom. The molecule has 2 nitrogen and oxygen atoms in total. The largest absolute Gasteiger partial charge is 0.406 e. The van der Waals surface area contributed by atoms with E-state index in [1.165, 1.54) is 12.1 Å². The zero-order chi connectivity index (χ0) is 15.4. The van der Waals surface area contributed by atoms with Crippen molar-refractivity contribution in [3.05, 3.63) is 77.6 Å². The number of benzene rings is 2. The van der Waals surface area contributed by atoms with Gasteiger partial charge >= 0.3 is 0 Å². The summed E-state index contributed by atoms with van der Waals surface area (Å²) in [6, 6.07) is 14.4. The SMILES string of the molecule is C=C(ON(C)C(C)c1ccc(F)cc1)c1ccccc1C. The summed E-state index contributed by atoms with van der Waals surface area (Å²) in [5.41, 5.74) is 3.08. The van der Waals surface area contributed by atoms with E-state index in [4.69, 9.17) is 4.84 Å². The van der Waals surface area contributed by atoms with E-state index >= 15 is 0 Å². The molecule has 1 unspecified atom stereocenters. The van der Waals surface area contributed by atoms with Crippen molar-refractivity contribution in [3.8, 4) is 0 Å². The maximum Gasteiger partial charge on any atom is 0.147 e. The van der Waals surface area contributed by atoms with Crippen LogP contribution in [0.5, 0.6) is 0 Å². The van der Waals surface area contributed by atoms with Crippen molar-refractivity contribution in [1.82, 2.24) is 5.06 Å². The normalized spacial score (nSPS) is 12.2. The van der Waals surface area contributed by atoms with Crippen LogP contribution in [0.3, 0.4) is 0 Å². The zero-order valence-electron chi connectivity index (χ0n) is 12.6. The third-order valence-electron chi connectivity index (χ3n) is 3.60. The van der Waals surface area contributed by atoms with Crippen LogP contribution in [0, 0.1) is 12.7 Å². The minimum Gasteiger partial charge on any atom is -0.406 e. The first-order chi connectivity index (χ1) is 9.99. The average molecular weight is 285 g/mol. The van der Waals surface area contributed by atoms with E-state index in [1.54, 1.807) is 17.2 Å². The van der Waals surface area contributed by atoms with Crippen LogP contribution in [0.25, 0.3) is 5.76 Å². The highest BCUT2D eigenvalue weighted by atomic mass is 19.1. The van der Waals surface area contributed by atoms with Gasteiger partial charge in [0, 0.05) is 12.6 Å². The first kappa shape index (κ1) is 15.3. The lowest BCUT2D eigenvalue weighted by Gasteiger charge is -2.26. The van der Waals surface area contributed by atoms with Crippen molar-refractivity contribution >= 4 is 5.76 Å². The van der Waals surface area contributed by atoms with E-state index in [9.17, 15) is 4.39 Å². The van der Waals surface area contributed by atoms with Gasteiger partial charge in [-0.15, -0.1) is 5.06 Å². The Kier molecular flexibility index (Phi) is 4.76. The maximum atomic E-state index is 13.0. The molecule has 0 aliphatic carbocycles. The summed E-state index contributed by atoms with van der Waals surface area (Å²) < 4.78 is 13.0. The highest BCUT2D eigenvalue weighted by molar-refractivity contribution is 5.60. The van der Waals surface area contributed by atoms with Gasteiger partial charge in [-0.25, -0.2) is 4.39 Å². The van der Waals surface area contributed by atoms with Crippen LogP contribution in [0.4, 0.5) is 4.39 Å². The van der Waals surface area contributed by atoms with E-state index in [1.807, 2.05) is 45.2 Å². The first-order valence-corrected chi connectivity index (χ1v) is 6.90. The molecule has 1 atom stereocenters. The lowest BCUT2D eigenvalue weighted by molar-refractivity contribution is -0.0947. The molecule has 0 spiro atoms.